The minimum atomic E-state index is -0.146. The molecule has 2 heterocycles. The second-order valence-electron chi connectivity index (χ2n) is 6.09. The number of ether oxygens (including phenoxy) is 3. The first kappa shape index (κ1) is 19.7. The van der Waals surface area contributed by atoms with Crippen LogP contribution in [0.15, 0.2) is 58.4 Å². The van der Waals surface area contributed by atoms with E-state index in [-0.39, 0.29) is 11.7 Å². The Balaban J connectivity index is 1.43. The van der Waals surface area contributed by atoms with Crippen LogP contribution in [0.5, 0.6) is 17.2 Å². The third-order valence-corrected chi connectivity index (χ3v) is 5.80. The number of hydrogen-bond donors (Lipinski definition) is 1. The van der Waals surface area contributed by atoms with Crippen LogP contribution < -0.4 is 19.5 Å². The lowest BCUT2D eigenvalue weighted by atomic mass is 10.2. The van der Waals surface area contributed by atoms with Crippen molar-refractivity contribution in [3.63, 3.8) is 0 Å². The number of imidazole rings is 1. The lowest BCUT2D eigenvalue weighted by molar-refractivity contribution is -0.113. The number of thioether (sulfide) groups is 1. The monoisotopic (exact) mass is 475 g/mol. The van der Waals surface area contributed by atoms with Crippen LogP contribution in [0.2, 0.25) is 0 Å². The molecule has 0 radical (unpaired) electrons. The molecule has 0 saturated carbocycles. The summed E-state index contributed by atoms with van der Waals surface area (Å²) in [6.45, 7) is 1.01. The fourth-order valence-corrected chi connectivity index (χ4v) is 4.02. The minimum absolute atomic E-state index is 0.146. The van der Waals surface area contributed by atoms with Crippen molar-refractivity contribution in [3.05, 3.63) is 53.3 Å². The molecular formula is C20H18BrN3O4S. The molecule has 0 aliphatic carbocycles. The molecule has 0 bridgehead atoms. The molecule has 1 N–H and O–H groups in total. The van der Waals surface area contributed by atoms with E-state index in [1.807, 2.05) is 35.0 Å². The maximum absolute atomic E-state index is 12.5. The number of hydrogen-bond acceptors (Lipinski definition) is 6. The van der Waals surface area contributed by atoms with E-state index < -0.39 is 0 Å². The van der Waals surface area contributed by atoms with Gasteiger partial charge in [0.25, 0.3) is 0 Å². The molecule has 1 aliphatic heterocycles. The number of aromatic nitrogens is 2. The molecule has 0 atom stereocenters. The standard InChI is InChI=1S/C20H18BrN3O4S/c1-26-14-4-2-3-13(9-14)24-6-5-22-20(24)29-12-19(25)23-16-11-18-17(10-15(16)21)27-7-8-28-18/h2-6,9-11H,7-8,12H2,1H3,(H,23,25). The van der Waals surface area contributed by atoms with Gasteiger partial charge < -0.3 is 19.5 Å². The van der Waals surface area contributed by atoms with Crippen molar-refractivity contribution in [2.75, 3.05) is 31.4 Å². The first-order valence-electron chi connectivity index (χ1n) is 8.83. The van der Waals surface area contributed by atoms with Crippen molar-refractivity contribution >= 4 is 39.3 Å². The van der Waals surface area contributed by atoms with Crippen LogP contribution >= 0.6 is 27.7 Å². The predicted molar refractivity (Wildman–Crippen MR) is 115 cm³/mol. The van der Waals surface area contributed by atoms with Crippen LogP contribution in [0.4, 0.5) is 5.69 Å². The number of fused-ring (bicyclic) bond motifs is 1. The van der Waals surface area contributed by atoms with Gasteiger partial charge in [-0.2, -0.15) is 0 Å². The molecule has 150 valence electrons. The molecule has 1 aromatic heterocycles. The SMILES string of the molecule is COc1cccc(-n2ccnc2SCC(=O)Nc2cc3c(cc2Br)OCCO3)c1. The molecule has 9 heteroatoms. The third-order valence-electron chi connectivity index (χ3n) is 4.18. The largest absolute Gasteiger partial charge is 0.497 e. The van der Waals surface area contributed by atoms with Crippen molar-refractivity contribution in [1.29, 1.82) is 0 Å². The lowest BCUT2D eigenvalue weighted by Gasteiger charge is -2.20. The Bertz CT molecular complexity index is 1040. The normalized spacial score (nSPS) is 12.5. The zero-order valence-electron chi connectivity index (χ0n) is 15.6. The molecule has 0 unspecified atom stereocenters. The summed E-state index contributed by atoms with van der Waals surface area (Å²) in [5, 5.41) is 3.62. The number of carbonyl (C=O) groups excluding carboxylic acids is 1. The van der Waals surface area contributed by atoms with E-state index >= 15 is 0 Å². The molecule has 29 heavy (non-hydrogen) atoms. The van der Waals surface area contributed by atoms with Crippen LogP contribution in [0, 0.1) is 0 Å². The Morgan fingerprint density at radius 1 is 1.28 bits per heavy atom. The predicted octanol–water partition coefficient (Wildman–Crippen LogP) is 4.15. The molecule has 0 spiro atoms. The van der Waals surface area contributed by atoms with Crippen LogP contribution in [0.1, 0.15) is 0 Å². The highest BCUT2D eigenvalue weighted by Gasteiger charge is 2.17. The first-order chi connectivity index (χ1) is 14.1. The lowest BCUT2D eigenvalue weighted by Crippen LogP contribution is -2.17. The number of carbonyl (C=O) groups is 1. The fourth-order valence-electron chi connectivity index (χ4n) is 2.83. The average molecular weight is 476 g/mol. The summed E-state index contributed by atoms with van der Waals surface area (Å²) < 4.78 is 19.0. The summed E-state index contributed by atoms with van der Waals surface area (Å²) in [6.07, 6.45) is 3.56. The van der Waals surface area contributed by atoms with Gasteiger partial charge >= 0.3 is 0 Å². The van der Waals surface area contributed by atoms with E-state index in [4.69, 9.17) is 14.2 Å². The maximum atomic E-state index is 12.5. The summed E-state index contributed by atoms with van der Waals surface area (Å²) >= 11 is 4.82. The number of anilines is 1. The zero-order chi connectivity index (χ0) is 20.2. The Morgan fingerprint density at radius 3 is 2.86 bits per heavy atom. The fraction of sp³-hybridized carbons (Fsp3) is 0.200. The smallest absolute Gasteiger partial charge is 0.234 e. The van der Waals surface area contributed by atoms with Gasteiger partial charge in [0.15, 0.2) is 16.7 Å². The molecular weight excluding hydrogens is 458 g/mol. The Hall–Kier alpha value is -2.65. The van der Waals surface area contributed by atoms with Gasteiger partial charge in [0.05, 0.1) is 24.2 Å². The van der Waals surface area contributed by atoms with Crippen molar-refractivity contribution < 1.29 is 19.0 Å². The Labute approximate surface area is 180 Å². The average Bonchev–Trinajstić information content (AvgIpc) is 3.21. The van der Waals surface area contributed by atoms with Gasteiger partial charge in [0.2, 0.25) is 5.91 Å². The summed E-state index contributed by atoms with van der Waals surface area (Å²) in [5.41, 5.74) is 1.55. The highest BCUT2D eigenvalue weighted by Crippen LogP contribution is 2.38. The summed E-state index contributed by atoms with van der Waals surface area (Å²) in [5.74, 6) is 2.11. The van der Waals surface area contributed by atoms with Crippen LogP contribution in [0.25, 0.3) is 5.69 Å². The van der Waals surface area contributed by atoms with E-state index in [0.29, 0.717) is 30.4 Å². The van der Waals surface area contributed by atoms with Gasteiger partial charge in [-0.3, -0.25) is 9.36 Å². The molecule has 3 aromatic rings. The highest BCUT2D eigenvalue weighted by atomic mass is 79.9. The number of methoxy groups -OCH3 is 1. The number of amides is 1. The van der Waals surface area contributed by atoms with Gasteiger partial charge in [-0.25, -0.2) is 4.98 Å². The van der Waals surface area contributed by atoms with E-state index in [0.717, 1.165) is 21.1 Å². The van der Waals surface area contributed by atoms with Crippen molar-refractivity contribution in [3.8, 4) is 22.9 Å². The number of halogens is 1. The van der Waals surface area contributed by atoms with Crippen LogP contribution in [0.3, 0.4) is 0 Å². The van der Waals surface area contributed by atoms with E-state index in [9.17, 15) is 4.79 Å². The third kappa shape index (κ3) is 4.51. The number of rotatable bonds is 6. The van der Waals surface area contributed by atoms with Crippen LogP contribution in [-0.4, -0.2) is 41.5 Å². The number of nitrogens with zero attached hydrogens (tertiary/aromatic N) is 2. The summed E-state index contributed by atoms with van der Waals surface area (Å²) in [4.78, 5) is 16.9. The van der Waals surface area contributed by atoms with Gasteiger partial charge in [-0.15, -0.1) is 0 Å². The summed E-state index contributed by atoms with van der Waals surface area (Å²) in [7, 11) is 1.63. The second kappa shape index (κ2) is 8.79. The Morgan fingerprint density at radius 2 is 2.07 bits per heavy atom. The van der Waals surface area contributed by atoms with Crippen molar-refractivity contribution in [2.45, 2.75) is 5.16 Å². The van der Waals surface area contributed by atoms with Gasteiger partial charge in [0, 0.05) is 35.1 Å². The first-order valence-corrected chi connectivity index (χ1v) is 10.6. The minimum Gasteiger partial charge on any atom is -0.497 e. The van der Waals surface area contributed by atoms with E-state index in [2.05, 4.69) is 26.2 Å². The zero-order valence-corrected chi connectivity index (χ0v) is 18.0. The molecule has 4 rings (SSSR count). The second-order valence-corrected chi connectivity index (χ2v) is 7.89. The maximum Gasteiger partial charge on any atom is 0.234 e. The van der Waals surface area contributed by atoms with E-state index in [1.165, 1.54) is 11.8 Å². The molecule has 1 amide bonds. The molecule has 0 fully saturated rings. The van der Waals surface area contributed by atoms with Crippen molar-refractivity contribution in [2.24, 2.45) is 0 Å². The van der Waals surface area contributed by atoms with Crippen LogP contribution in [-0.2, 0) is 4.79 Å². The number of nitrogens with one attached hydrogen (secondary N) is 1. The van der Waals surface area contributed by atoms with E-state index in [1.54, 1.807) is 25.4 Å². The molecule has 2 aromatic carbocycles. The molecule has 0 saturated heterocycles. The quantitative estimate of drug-likeness (QED) is 0.539. The molecule has 1 aliphatic rings. The Kier molecular flexibility index (Phi) is 5.96. The topological polar surface area (TPSA) is 74.6 Å². The summed E-state index contributed by atoms with van der Waals surface area (Å²) in [6, 6.07) is 11.2. The van der Waals surface area contributed by atoms with Gasteiger partial charge in [-0.1, -0.05) is 17.8 Å². The van der Waals surface area contributed by atoms with Crippen molar-refractivity contribution in [1.82, 2.24) is 9.55 Å². The number of benzene rings is 2. The van der Waals surface area contributed by atoms with Gasteiger partial charge in [-0.05, 0) is 28.1 Å². The highest BCUT2D eigenvalue weighted by molar-refractivity contribution is 9.10. The van der Waals surface area contributed by atoms with Gasteiger partial charge in [0.1, 0.15) is 19.0 Å². The molecule has 7 nitrogen and oxygen atoms in total.